The van der Waals surface area contributed by atoms with Gasteiger partial charge in [-0.15, -0.1) is 0 Å². The molecule has 1 saturated heterocycles. The Kier molecular flexibility index (Phi) is 6.43. The molecular weight excluding hydrogens is 366 g/mol. The molecule has 1 unspecified atom stereocenters. The molecule has 146 valence electrons. The smallest absolute Gasteiger partial charge is 0.240 e. The van der Waals surface area contributed by atoms with Crippen LogP contribution in [0.1, 0.15) is 17.2 Å². The number of benzene rings is 1. The Morgan fingerprint density at radius 3 is 2.70 bits per heavy atom. The molecule has 0 spiro atoms. The second kappa shape index (κ2) is 8.79. The van der Waals surface area contributed by atoms with Gasteiger partial charge in [-0.1, -0.05) is 6.07 Å². The van der Waals surface area contributed by atoms with Gasteiger partial charge in [-0.25, -0.2) is 13.1 Å². The topological polar surface area (TPSA) is 80.8 Å². The first-order valence-corrected chi connectivity index (χ1v) is 10.4. The van der Waals surface area contributed by atoms with Crippen molar-refractivity contribution in [1.29, 1.82) is 0 Å². The van der Waals surface area contributed by atoms with Crippen LogP contribution in [0.3, 0.4) is 0 Å². The average Bonchev–Trinajstić information content (AvgIpc) is 2.69. The zero-order chi connectivity index (χ0) is 19.3. The first-order chi connectivity index (χ1) is 13.0. The molecule has 0 amide bonds. The van der Waals surface area contributed by atoms with Gasteiger partial charge in [0.05, 0.1) is 31.3 Å². The number of aromatic nitrogens is 1. The van der Waals surface area contributed by atoms with E-state index in [0.29, 0.717) is 19.0 Å². The lowest BCUT2D eigenvalue weighted by Gasteiger charge is -2.34. The van der Waals surface area contributed by atoms with Crippen LogP contribution >= 0.6 is 0 Å². The fourth-order valence-electron chi connectivity index (χ4n) is 3.21. The van der Waals surface area contributed by atoms with Gasteiger partial charge in [-0.2, -0.15) is 0 Å². The third-order valence-electron chi connectivity index (χ3n) is 4.70. The van der Waals surface area contributed by atoms with Crippen molar-refractivity contribution in [1.82, 2.24) is 14.6 Å². The summed E-state index contributed by atoms with van der Waals surface area (Å²) in [5.41, 5.74) is 1.75. The largest absolute Gasteiger partial charge is 0.496 e. The minimum Gasteiger partial charge on any atom is -0.496 e. The van der Waals surface area contributed by atoms with E-state index < -0.39 is 10.0 Å². The van der Waals surface area contributed by atoms with Crippen LogP contribution in [0.2, 0.25) is 0 Å². The minimum absolute atomic E-state index is 0.100. The number of ether oxygens (including phenoxy) is 2. The highest BCUT2D eigenvalue weighted by Gasteiger charge is 2.25. The first kappa shape index (κ1) is 19.8. The Hall–Kier alpha value is -2.00. The summed E-state index contributed by atoms with van der Waals surface area (Å²) in [6, 6.07) is 8.58. The maximum absolute atomic E-state index is 12.8. The van der Waals surface area contributed by atoms with Crippen LogP contribution in [0.5, 0.6) is 5.75 Å². The minimum atomic E-state index is -3.63. The summed E-state index contributed by atoms with van der Waals surface area (Å²) < 4.78 is 39.0. The molecule has 1 aromatic heterocycles. The molecule has 2 aromatic rings. The molecule has 7 nitrogen and oxygen atoms in total. The van der Waals surface area contributed by atoms with E-state index in [-0.39, 0.29) is 17.5 Å². The zero-order valence-electron chi connectivity index (χ0n) is 15.6. The highest BCUT2D eigenvalue weighted by Crippen LogP contribution is 2.23. The van der Waals surface area contributed by atoms with Gasteiger partial charge < -0.3 is 9.47 Å². The predicted molar refractivity (Wildman–Crippen MR) is 102 cm³/mol. The van der Waals surface area contributed by atoms with Crippen LogP contribution in [-0.2, 0) is 14.8 Å². The van der Waals surface area contributed by atoms with Gasteiger partial charge in [0.25, 0.3) is 0 Å². The van der Waals surface area contributed by atoms with Gasteiger partial charge in [0.1, 0.15) is 5.75 Å². The Morgan fingerprint density at radius 2 is 2.07 bits per heavy atom. The maximum atomic E-state index is 12.8. The fraction of sp³-hybridized carbons (Fsp3) is 0.421. The normalized spacial score (nSPS) is 16.8. The van der Waals surface area contributed by atoms with Gasteiger partial charge in [0.2, 0.25) is 10.0 Å². The first-order valence-electron chi connectivity index (χ1n) is 8.87. The molecular formula is C19H25N3O4S. The van der Waals surface area contributed by atoms with Gasteiger partial charge in [-0.05, 0) is 42.3 Å². The van der Waals surface area contributed by atoms with Crippen molar-refractivity contribution in [2.45, 2.75) is 17.9 Å². The van der Waals surface area contributed by atoms with Crippen LogP contribution in [0.15, 0.2) is 47.6 Å². The Balaban J connectivity index is 1.78. The summed E-state index contributed by atoms with van der Waals surface area (Å²) in [5, 5.41) is 0. The molecule has 1 aliphatic rings. The third kappa shape index (κ3) is 4.84. The second-order valence-corrected chi connectivity index (χ2v) is 8.20. The van der Waals surface area contributed by atoms with E-state index in [1.165, 1.54) is 0 Å². The SMILES string of the molecule is COc1ccc(S(=O)(=O)NCC(c2cccnc2)N2CCOCC2)cc1C. The maximum Gasteiger partial charge on any atom is 0.240 e. The number of rotatable bonds is 7. The lowest BCUT2D eigenvalue weighted by Crippen LogP contribution is -2.43. The van der Waals surface area contributed by atoms with E-state index in [2.05, 4.69) is 14.6 Å². The summed E-state index contributed by atoms with van der Waals surface area (Å²) in [7, 11) is -2.07. The van der Waals surface area contributed by atoms with E-state index in [0.717, 1.165) is 24.2 Å². The van der Waals surface area contributed by atoms with E-state index in [4.69, 9.17) is 9.47 Å². The van der Waals surface area contributed by atoms with Crippen LogP contribution in [0.25, 0.3) is 0 Å². The van der Waals surface area contributed by atoms with Crippen molar-refractivity contribution in [2.24, 2.45) is 0 Å². The standard InChI is InChI=1S/C19H25N3O4S/c1-15-12-17(5-6-19(15)25-2)27(23,24)21-14-18(16-4-3-7-20-13-16)22-8-10-26-11-9-22/h3-7,12-13,18,21H,8-11,14H2,1-2H3. The van der Waals surface area contributed by atoms with Crippen LogP contribution < -0.4 is 9.46 Å². The number of aryl methyl sites for hydroxylation is 1. The Labute approximate surface area is 160 Å². The summed E-state index contributed by atoms with van der Waals surface area (Å²) in [6.45, 7) is 4.87. The summed E-state index contributed by atoms with van der Waals surface area (Å²) in [6.07, 6.45) is 3.50. The molecule has 1 fully saturated rings. The van der Waals surface area contributed by atoms with Crippen molar-refractivity contribution in [3.63, 3.8) is 0 Å². The average molecular weight is 391 g/mol. The molecule has 3 rings (SSSR count). The number of methoxy groups -OCH3 is 1. The monoisotopic (exact) mass is 391 g/mol. The summed E-state index contributed by atoms with van der Waals surface area (Å²) in [5.74, 6) is 0.663. The molecule has 0 radical (unpaired) electrons. The molecule has 2 heterocycles. The number of hydrogen-bond donors (Lipinski definition) is 1. The Morgan fingerprint density at radius 1 is 1.30 bits per heavy atom. The lowest BCUT2D eigenvalue weighted by atomic mass is 10.1. The van der Waals surface area contributed by atoms with Crippen molar-refractivity contribution >= 4 is 10.0 Å². The molecule has 1 aliphatic heterocycles. The molecule has 0 saturated carbocycles. The van der Waals surface area contributed by atoms with Gasteiger partial charge in [0.15, 0.2) is 0 Å². The zero-order valence-corrected chi connectivity index (χ0v) is 16.4. The van der Waals surface area contributed by atoms with Crippen LogP contribution in [0.4, 0.5) is 0 Å². The highest BCUT2D eigenvalue weighted by molar-refractivity contribution is 7.89. The van der Waals surface area contributed by atoms with E-state index in [1.54, 1.807) is 37.7 Å². The van der Waals surface area contributed by atoms with E-state index >= 15 is 0 Å². The highest BCUT2D eigenvalue weighted by atomic mass is 32.2. The van der Waals surface area contributed by atoms with Gasteiger partial charge in [-0.3, -0.25) is 9.88 Å². The molecule has 1 atom stereocenters. The summed E-state index contributed by atoms with van der Waals surface area (Å²) >= 11 is 0. The van der Waals surface area contributed by atoms with Gasteiger partial charge >= 0.3 is 0 Å². The molecule has 8 heteroatoms. The van der Waals surface area contributed by atoms with Crippen molar-refractivity contribution in [3.05, 3.63) is 53.9 Å². The number of morpholine rings is 1. The van der Waals surface area contributed by atoms with Gasteiger partial charge in [0, 0.05) is 32.0 Å². The number of hydrogen-bond acceptors (Lipinski definition) is 6. The molecule has 0 bridgehead atoms. The van der Waals surface area contributed by atoms with Crippen LogP contribution in [-0.4, -0.2) is 58.3 Å². The molecule has 27 heavy (non-hydrogen) atoms. The molecule has 1 N–H and O–H groups in total. The number of sulfonamides is 1. The second-order valence-electron chi connectivity index (χ2n) is 6.43. The van der Waals surface area contributed by atoms with E-state index in [9.17, 15) is 8.42 Å². The number of pyridine rings is 1. The van der Waals surface area contributed by atoms with Crippen molar-refractivity contribution in [2.75, 3.05) is 40.0 Å². The third-order valence-corrected chi connectivity index (χ3v) is 6.12. The van der Waals surface area contributed by atoms with Crippen molar-refractivity contribution < 1.29 is 17.9 Å². The number of nitrogens with one attached hydrogen (secondary N) is 1. The molecule has 0 aliphatic carbocycles. The lowest BCUT2D eigenvalue weighted by molar-refractivity contribution is 0.0171. The predicted octanol–water partition coefficient (Wildman–Crippen LogP) is 1.75. The fourth-order valence-corrected chi connectivity index (χ4v) is 4.33. The molecule has 1 aromatic carbocycles. The summed E-state index contributed by atoms with van der Waals surface area (Å²) in [4.78, 5) is 6.64. The van der Waals surface area contributed by atoms with Crippen molar-refractivity contribution in [3.8, 4) is 5.75 Å². The Bertz CT molecular complexity index is 853. The van der Waals surface area contributed by atoms with E-state index in [1.807, 2.05) is 19.1 Å². The number of nitrogens with zero attached hydrogens (tertiary/aromatic N) is 2. The quantitative estimate of drug-likeness (QED) is 0.775. The van der Waals surface area contributed by atoms with Crippen LogP contribution in [0, 0.1) is 6.92 Å².